The van der Waals surface area contributed by atoms with Gasteiger partial charge in [0.1, 0.15) is 0 Å². The van der Waals surface area contributed by atoms with Crippen LogP contribution in [-0.4, -0.2) is 26.1 Å². The van der Waals surface area contributed by atoms with Gasteiger partial charge in [-0.05, 0) is 18.2 Å². The van der Waals surface area contributed by atoms with E-state index >= 15 is 0 Å². The molecule has 0 aromatic heterocycles. The topological polar surface area (TPSA) is 32.7 Å². The molecule has 14 heavy (non-hydrogen) atoms. The highest BCUT2D eigenvalue weighted by Crippen LogP contribution is 2.27. The second kappa shape index (κ2) is 3.25. The van der Waals surface area contributed by atoms with E-state index in [2.05, 4.69) is 4.99 Å². The molecule has 1 aliphatic heterocycles. The molecule has 0 radical (unpaired) electrons. The van der Waals surface area contributed by atoms with Crippen molar-refractivity contribution in [3.63, 3.8) is 0 Å². The van der Waals surface area contributed by atoms with Gasteiger partial charge in [-0.25, -0.2) is 0 Å². The zero-order valence-electron chi connectivity index (χ0n) is 8.32. The highest BCUT2D eigenvalue weighted by Gasteiger charge is 2.14. The van der Waals surface area contributed by atoms with Crippen LogP contribution in [0.1, 0.15) is 16.8 Å². The van der Waals surface area contributed by atoms with Gasteiger partial charge in [-0.1, -0.05) is 0 Å². The van der Waals surface area contributed by atoms with E-state index < -0.39 is 0 Å². The molecule has 0 N–H and O–H groups in total. The van der Waals surface area contributed by atoms with Crippen LogP contribution in [0.5, 0.6) is 0 Å². The Morgan fingerprint density at radius 3 is 2.86 bits per heavy atom. The summed E-state index contributed by atoms with van der Waals surface area (Å²) in [5, 5.41) is 0. The number of carbonyl (C=O) groups excluding carboxylic acids is 1. The summed E-state index contributed by atoms with van der Waals surface area (Å²) in [5.41, 5.74) is 2.56. The van der Waals surface area contributed by atoms with E-state index in [0.29, 0.717) is 6.42 Å². The van der Waals surface area contributed by atoms with Gasteiger partial charge >= 0.3 is 0 Å². The fourth-order valence-electron chi connectivity index (χ4n) is 1.47. The Morgan fingerprint density at radius 1 is 1.36 bits per heavy atom. The van der Waals surface area contributed by atoms with Crippen molar-refractivity contribution in [1.29, 1.82) is 0 Å². The number of benzene rings is 1. The van der Waals surface area contributed by atoms with Crippen LogP contribution in [0.3, 0.4) is 0 Å². The second-order valence-corrected chi connectivity index (χ2v) is 3.53. The van der Waals surface area contributed by atoms with Crippen LogP contribution in [0.15, 0.2) is 23.2 Å². The maximum absolute atomic E-state index is 11.6. The maximum atomic E-state index is 11.6. The summed E-state index contributed by atoms with van der Waals surface area (Å²) >= 11 is 0. The average molecular weight is 188 g/mol. The van der Waals surface area contributed by atoms with Crippen LogP contribution in [-0.2, 0) is 0 Å². The van der Waals surface area contributed by atoms with Crippen LogP contribution >= 0.6 is 0 Å². The minimum atomic E-state index is 0.152. The minimum absolute atomic E-state index is 0.152. The zero-order chi connectivity index (χ0) is 10.1. The first-order chi connectivity index (χ1) is 6.68. The summed E-state index contributed by atoms with van der Waals surface area (Å²) in [5.74, 6) is 0.152. The number of aliphatic imine (C=N–C) groups is 1. The van der Waals surface area contributed by atoms with Gasteiger partial charge in [0.25, 0.3) is 0 Å². The number of ketones is 1. The van der Waals surface area contributed by atoms with Crippen molar-refractivity contribution in [2.45, 2.75) is 6.42 Å². The van der Waals surface area contributed by atoms with Crippen molar-refractivity contribution in [3.8, 4) is 0 Å². The molecular weight excluding hydrogens is 176 g/mol. The molecule has 0 spiro atoms. The molecule has 1 aromatic rings. The predicted octanol–water partition coefficient (Wildman–Crippen LogP) is 2.04. The minimum Gasteiger partial charge on any atom is -0.378 e. The van der Waals surface area contributed by atoms with Crippen molar-refractivity contribution in [2.75, 3.05) is 19.0 Å². The lowest BCUT2D eigenvalue weighted by molar-refractivity contribution is 0.100. The standard InChI is InChI=1S/C11H12N2O/c1-13(2)8-3-4-10-9(7-8)11(14)5-6-12-10/h3-4,6-7H,5H2,1-2H3. The molecule has 1 heterocycles. The molecule has 0 bridgehead atoms. The molecule has 0 unspecified atom stereocenters. The molecule has 0 saturated heterocycles. The normalized spacial score (nSPS) is 14.0. The lowest BCUT2D eigenvalue weighted by Gasteiger charge is -2.15. The van der Waals surface area contributed by atoms with Gasteiger partial charge in [0.2, 0.25) is 0 Å². The summed E-state index contributed by atoms with van der Waals surface area (Å²) < 4.78 is 0. The summed E-state index contributed by atoms with van der Waals surface area (Å²) in [6, 6.07) is 5.75. The number of rotatable bonds is 1. The Hall–Kier alpha value is -1.64. The SMILES string of the molecule is CN(C)c1ccc2c(c1)C(=O)CC=N2. The Morgan fingerprint density at radius 2 is 2.14 bits per heavy atom. The third kappa shape index (κ3) is 1.41. The number of Topliss-reactive ketones (excluding diaryl/α,β-unsaturated/α-hetero) is 1. The molecule has 1 aromatic carbocycles. The smallest absolute Gasteiger partial charge is 0.170 e. The molecule has 0 atom stereocenters. The van der Waals surface area contributed by atoms with Gasteiger partial charge in [0.15, 0.2) is 5.78 Å². The molecule has 0 aliphatic carbocycles. The van der Waals surface area contributed by atoms with E-state index in [9.17, 15) is 4.79 Å². The number of anilines is 1. The Kier molecular flexibility index (Phi) is 2.08. The number of fused-ring (bicyclic) bond motifs is 1. The number of hydrogen-bond donors (Lipinski definition) is 0. The van der Waals surface area contributed by atoms with Gasteiger partial charge in [0.05, 0.1) is 5.69 Å². The Bertz CT molecular complexity index is 408. The molecule has 3 heteroatoms. The number of carbonyl (C=O) groups is 1. The summed E-state index contributed by atoms with van der Waals surface area (Å²) in [6.07, 6.45) is 2.09. The highest BCUT2D eigenvalue weighted by molar-refractivity contribution is 6.10. The first kappa shape index (κ1) is 8.94. The van der Waals surface area contributed by atoms with Crippen LogP contribution in [0.25, 0.3) is 0 Å². The molecule has 2 rings (SSSR count). The largest absolute Gasteiger partial charge is 0.378 e. The number of hydrogen-bond acceptors (Lipinski definition) is 3. The first-order valence-electron chi connectivity index (χ1n) is 4.55. The van der Waals surface area contributed by atoms with E-state index in [1.54, 1.807) is 6.21 Å². The highest BCUT2D eigenvalue weighted by atomic mass is 16.1. The van der Waals surface area contributed by atoms with Gasteiger partial charge in [-0.2, -0.15) is 0 Å². The molecule has 0 fully saturated rings. The monoisotopic (exact) mass is 188 g/mol. The predicted molar refractivity (Wildman–Crippen MR) is 57.9 cm³/mol. The lowest BCUT2D eigenvalue weighted by Crippen LogP contribution is -2.11. The molecule has 1 aliphatic rings. The van der Waals surface area contributed by atoms with Crippen LogP contribution in [0, 0.1) is 0 Å². The first-order valence-corrected chi connectivity index (χ1v) is 4.55. The van der Waals surface area contributed by atoms with E-state index in [4.69, 9.17) is 0 Å². The van der Waals surface area contributed by atoms with E-state index in [1.807, 2.05) is 37.2 Å². The lowest BCUT2D eigenvalue weighted by atomic mass is 10.0. The molecule has 72 valence electrons. The molecule has 3 nitrogen and oxygen atoms in total. The van der Waals surface area contributed by atoms with Gasteiger partial charge in [-0.3, -0.25) is 9.79 Å². The third-order valence-corrected chi connectivity index (χ3v) is 2.30. The van der Waals surface area contributed by atoms with Crippen LogP contribution in [0.4, 0.5) is 11.4 Å². The van der Waals surface area contributed by atoms with E-state index in [0.717, 1.165) is 16.9 Å². The van der Waals surface area contributed by atoms with Crippen molar-refractivity contribution in [3.05, 3.63) is 23.8 Å². The quantitative estimate of drug-likeness (QED) is 0.675. The summed E-state index contributed by atoms with van der Waals surface area (Å²) in [7, 11) is 3.91. The maximum Gasteiger partial charge on any atom is 0.170 e. The van der Waals surface area contributed by atoms with Crippen LogP contribution < -0.4 is 4.90 Å². The Balaban J connectivity index is 2.52. The molecular formula is C11H12N2O. The van der Waals surface area contributed by atoms with E-state index in [-0.39, 0.29) is 5.78 Å². The van der Waals surface area contributed by atoms with Gasteiger partial charge < -0.3 is 4.90 Å². The molecule has 0 saturated carbocycles. The number of nitrogens with zero attached hydrogens (tertiary/aromatic N) is 2. The van der Waals surface area contributed by atoms with Crippen molar-refractivity contribution in [2.24, 2.45) is 4.99 Å². The van der Waals surface area contributed by atoms with Gasteiger partial charge in [-0.15, -0.1) is 0 Å². The Labute approximate surface area is 83.1 Å². The summed E-state index contributed by atoms with van der Waals surface area (Å²) in [4.78, 5) is 17.7. The fourth-order valence-corrected chi connectivity index (χ4v) is 1.47. The van der Waals surface area contributed by atoms with Crippen molar-refractivity contribution in [1.82, 2.24) is 0 Å². The van der Waals surface area contributed by atoms with Gasteiger partial charge in [0, 0.05) is 38.0 Å². The fraction of sp³-hybridized carbons (Fsp3) is 0.273. The van der Waals surface area contributed by atoms with Crippen molar-refractivity contribution < 1.29 is 4.79 Å². The zero-order valence-corrected chi connectivity index (χ0v) is 8.32. The van der Waals surface area contributed by atoms with Crippen molar-refractivity contribution >= 4 is 23.4 Å². The third-order valence-electron chi connectivity index (χ3n) is 2.30. The van der Waals surface area contributed by atoms with Crippen LogP contribution in [0.2, 0.25) is 0 Å². The van der Waals surface area contributed by atoms with E-state index in [1.165, 1.54) is 0 Å². The average Bonchev–Trinajstić information content (AvgIpc) is 2.18. The summed E-state index contributed by atoms with van der Waals surface area (Å²) in [6.45, 7) is 0. The second-order valence-electron chi connectivity index (χ2n) is 3.53. The molecule has 0 amide bonds.